The molecule has 0 unspecified atom stereocenters. The number of halogens is 3. The Kier molecular flexibility index (Phi) is 6.39. The summed E-state index contributed by atoms with van der Waals surface area (Å²) in [6.07, 6.45) is -5.56. The van der Waals surface area contributed by atoms with Gasteiger partial charge in [-0.25, -0.2) is 14.8 Å². The lowest BCUT2D eigenvalue weighted by atomic mass is 10.0. The second kappa shape index (κ2) is 8.55. The highest BCUT2D eigenvalue weighted by molar-refractivity contribution is 6.04. The molecular formula is C17H18F3N5O3. The van der Waals surface area contributed by atoms with Crippen LogP contribution in [0.2, 0.25) is 0 Å². The number of aromatic nitrogens is 2. The molecule has 1 heterocycles. The van der Waals surface area contributed by atoms with Gasteiger partial charge in [0, 0.05) is 18.2 Å². The van der Waals surface area contributed by atoms with Crippen molar-refractivity contribution < 1.29 is 27.5 Å². The van der Waals surface area contributed by atoms with Crippen molar-refractivity contribution in [1.82, 2.24) is 15.3 Å². The van der Waals surface area contributed by atoms with Crippen LogP contribution in [0.5, 0.6) is 0 Å². The molecule has 8 nitrogen and oxygen atoms in total. The van der Waals surface area contributed by atoms with Gasteiger partial charge in [0.15, 0.2) is 0 Å². The van der Waals surface area contributed by atoms with E-state index in [9.17, 15) is 22.8 Å². The first-order valence-electron chi connectivity index (χ1n) is 8.13. The van der Waals surface area contributed by atoms with Crippen LogP contribution >= 0.6 is 0 Å². The summed E-state index contributed by atoms with van der Waals surface area (Å²) in [5.74, 6) is -0.324. The number of carbonyl (C=O) groups excluding carboxylic acids is 2. The topological polar surface area (TPSA) is 119 Å². The average Bonchev–Trinajstić information content (AvgIpc) is 2.58. The molecule has 2 amide bonds. The van der Waals surface area contributed by atoms with E-state index in [4.69, 9.17) is 5.73 Å². The Morgan fingerprint density at radius 2 is 1.93 bits per heavy atom. The maximum Gasteiger partial charge on any atom is 0.416 e. The molecule has 1 aromatic heterocycles. The molecule has 11 heteroatoms. The van der Waals surface area contributed by atoms with E-state index >= 15 is 0 Å². The van der Waals surface area contributed by atoms with E-state index in [1.165, 1.54) is 12.1 Å². The first-order chi connectivity index (χ1) is 13.1. The van der Waals surface area contributed by atoms with Crippen LogP contribution in [0.15, 0.2) is 24.3 Å². The largest absolute Gasteiger partial charge is 0.450 e. The summed E-state index contributed by atoms with van der Waals surface area (Å²) in [4.78, 5) is 31.4. The number of nitrogen functional groups attached to an aromatic ring is 1. The molecule has 0 saturated heterocycles. The Hall–Kier alpha value is -3.37. The molecule has 150 valence electrons. The Labute approximate surface area is 158 Å². The maximum atomic E-state index is 13.4. The Morgan fingerprint density at radius 1 is 1.21 bits per heavy atom. The van der Waals surface area contributed by atoms with Crippen molar-refractivity contribution in [1.29, 1.82) is 0 Å². The van der Waals surface area contributed by atoms with Crippen molar-refractivity contribution in [2.24, 2.45) is 0 Å². The molecule has 0 atom stereocenters. The predicted molar refractivity (Wildman–Crippen MR) is 94.4 cm³/mol. The fraction of sp³-hybridized carbons (Fsp3) is 0.294. The molecule has 0 bridgehead atoms. The van der Waals surface area contributed by atoms with Crippen molar-refractivity contribution >= 4 is 23.6 Å². The first-order valence-corrected chi connectivity index (χ1v) is 8.13. The van der Waals surface area contributed by atoms with Crippen molar-refractivity contribution in [3.05, 3.63) is 46.8 Å². The second-order valence-electron chi connectivity index (χ2n) is 5.62. The number of rotatable bonds is 5. The molecule has 2 aromatic rings. The van der Waals surface area contributed by atoms with Gasteiger partial charge in [-0.05, 0) is 31.5 Å². The van der Waals surface area contributed by atoms with Gasteiger partial charge in [-0.1, -0.05) is 6.07 Å². The number of hydrogen-bond donors (Lipinski definition) is 3. The molecule has 0 aliphatic rings. The third-order valence-corrected chi connectivity index (χ3v) is 3.48. The van der Waals surface area contributed by atoms with Crippen LogP contribution in [0.25, 0.3) is 0 Å². The van der Waals surface area contributed by atoms with Crippen LogP contribution in [-0.4, -0.2) is 28.6 Å². The molecule has 0 aliphatic heterocycles. The summed E-state index contributed by atoms with van der Waals surface area (Å²) in [7, 11) is 0. The number of ether oxygens (including phenoxy) is 1. The summed E-state index contributed by atoms with van der Waals surface area (Å²) in [5.41, 5.74) is 4.07. The van der Waals surface area contributed by atoms with Gasteiger partial charge in [-0.3, -0.25) is 4.79 Å². The van der Waals surface area contributed by atoms with Crippen LogP contribution in [0.4, 0.5) is 29.6 Å². The zero-order valence-electron chi connectivity index (χ0n) is 15.1. The molecule has 0 saturated carbocycles. The summed E-state index contributed by atoms with van der Waals surface area (Å²) in [6.45, 7) is 2.81. The minimum absolute atomic E-state index is 0.0663. The maximum absolute atomic E-state index is 13.4. The van der Waals surface area contributed by atoms with Gasteiger partial charge in [0.2, 0.25) is 0 Å². The molecule has 28 heavy (non-hydrogen) atoms. The van der Waals surface area contributed by atoms with E-state index in [-0.39, 0.29) is 29.4 Å². The third-order valence-electron chi connectivity index (χ3n) is 3.48. The lowest BCUT2D eigenvalue weighted by molar-refractivity contribution is -0.138. The van der Waals surface area contributed by atoms with E-state index in [0.717, 1.165) is 6.07 Å². The van der Waals surface area contributed by atoms with Crippen molar-refractivity contribution in [2.75, 3.05) is 17.7 Å². The van der Waals surface area contributed by atoms with Gasteiger partial charge < -0.3 is 21.1 Å². The van der Waals surface area contributed by atoms with Gasteiger partial charge in [0.25, 0.3) is 5.91 Å². The van der Waals surface area contributed by atoms with E-state index in [0.29, 0.717) is 11.9 Å². The number of anilines is 2. The standard InChI is InChI=1S/C17H18F3N5O3/c1-3-28-16(27)22-8-11-5-4-10(6-12(11)17(18,19)20)15(26)25-14-7-13(21)23-9(2)24-14/h4-7H,3,8H2,1-2H3,(H,22,27)(H3,21,23,24,25,26). The fourth-order valence-corrected chi connectivity index (χ4v) is 2.33. The number of benzene rings is 1. The van der Waals surface area contributed by atoms with E-state index in [1.807, 2.05) is 0 Å². The number of alkyl carbamates (subject to hydrolysis) is 1. The van der Waals surface area contributed by atoms with Crippen LogP contribution in [0, 0.1) is 6.92 Å². The fourth-order valence-electron chi connectivity index (χ4n) is 2.33. The van der Waals surface area contributed by atoms with Crippen LogP contribution in [0.3, 0.4) is 0 Å². The molecule has 0 radical (unpaired) electrons. The zero-order chi connectivity index (χ0) is 20.9. The van der Waals surface area contributed by atoms with E-state index in [1.54, 1.807) is 13.8 Å². The lowest BCUT2D eigenvalue weighted by Crippen LogP contribution is -2.25. The number of carbonyl (C=O) groups is 2. The Balaban J connectivity index is 2.25. The predicted octanol–water partition coefficient (Wildman–Crippen LogP) is 2.88. The van der Waals surface area contributed by atoms with Crippen molar-refractivity contribution in [2.45, 2.75) is 26.6 Å². The number of amides is 2. The first kappa shape index (κ1) is 20.9. The molecule has 2 rings (SSSR count). The average molecular weight is 397 g/mol. The van der Waals surface area contributed by atoms with E-state index < -0.39 is 30.3 Å². The molecule has 0 aliphatic carbocycles. The summed E-state index contributed by atoms with van der Waals surface area (Å²) in [5, 5.41) is 4.60. The summed E-state index contributed by atoms with van der Waals surface area (Å²) < 4.78 is 44.8. The van der Waals surface area contributed by atoms with Gasteiger partial charge in [0.1, 0.15) is 17.5 Å². The summed E-state index contributed by atoms with van der Waals surface area (Å²) in [6, 6.07) is 4.32. The van der Waals surface area contributed by atoms with Crippen LogP contribution < -0.4 is 16.4 Å². The minimum Gasteiger partial charge on any atom is -0.450 e. The minimum atomic E-state index is -4.72. The molecular weight excluding hydrogens is 379 g/mol. The highest BCUT2D eigenvalue weighted by atomic mass is 19.4. The Bertz CT molecular complexity index is 867. The number of nitrogens with two attached hydrogens (primary N) is 1. The monoisotopic (exact) mass is 397 g/mol. The van der Waals surface area contributed by atoms with E-state index in [2.05, 4.69) is 25.3 Å². The highest BCUT2D eigenvalue weighted by Crippen LogP contribution is 2.33. The smallest absolute Gasteiger partial charge is 0.416 e. The number of nitrogens with one attached hydrogen (secondary N) is 2. The van der Waals surface area contributed by atoms with Crippen LogP contribution in [-0.2, 0) is 17.5 Å². The third kappa shape index (κ3) is 5.56. The highest BCUT2D eigenvalue weighted by Gasteiger charge is 2.34. The normalized spacial score (nSPS) is 11.0. The zero-order valence-corrected chi connectivity index (χ0v) is 15.1. The molecule has 0 spiro atoms. The number of aryl methyl sites for hydroxylation is 1. The van der Waals surface area contributed by atoms with Gasteiger partial charge in [-0.2, -0.15) is 13.2 Å². The SMILES string of the molecule is CCOC(=O)NCc1ccc(C(=O)Nc2cc(N)nc(C)n2)cc1C(F)(F)F. The molecule has 1 aromatic carbocycles. The number of nitrogens with zero attached hydrogens (tertiary/aromatic N) is 2. The van der Waals surface area contributed by atoms with Crippen LogP contribution in [0.1, 0.15) is 34.2 Å². The van der Waals surface area contributed by atoms with Gasteiger partial charge >= 0.3 is 12.3 Å². The van der Waals surface area contributed by atoms with Gasteiger partial charge in [0.05, 0.1) is 12.2 Å². The quantitative estimate of drug-likeness (QED) is 0.714. The molecule has 0 fully saturated rings. The number of hydrogen-bond acceptors (Lipinski definition) is 6. The van der Waals surface area contributed by atoms with Gasteiger partial charge in [-0.15, -0.1) is 0 Å². The Morgan fingerprint density at radius 3 is 2.54 bits per heavy atom. The van der Waals surface area contributed by atoms with Crippen molar-refractivity contribution in [3.8, 4) is 0 Å². The van der Waals surface area contributed by atoms with Crippen molar-refractivity contribution in [3.63, 3.8) is 0 Å². The summed E-state index contributed by atoms with van der Waals surface area (Å²) >= 11 is 0. The second-order valence-corrected chi connectivity index (χ2v) is 5.62. The lowest BCUT2D eigenvalue weighted by Gasteiger charge is -2.15. The molecule has 4 N–H and O–H groups in total. The number of alkyl halides is 3.